The van der Waals surface area contributed by atoms with Gasteiger partial charge in [0.1, 0.15) is 0 Å². The standard InChI is InChI=1S/C14H14IS2/c1-9(2)11-5-7-13(16-11)15-14-8-6-12(17-14)10(3)4/h5-8H,1,3H2,2,4H3/q+1. The first-order chi connectivity index (χ1) is 8.06. The summed E-state index contributed by atoms with van der Waals surface area (Å²) in [6.07, 6.45) is 0. The predicted octanol–water partition coefficient (Wildman–Crippen LogP) is 2.00. The molecule has 88 valence electrons. The van der Waals surface area contributed by atoms with Crippen LogP contribution >= 0.6 is 22.7 Å². The van der Waals surface area contributed by atoms with Crippen LogP contribution in [0.4, 0.5) is 0 Å². The second kappa shape index (κ2) is 5.50. The summed E-state index contributed by atoms with van der Waals surface area (Å²) >= 11 is 3.75. The number of hydrogen-bond donors (Lipinski definition) is 0. The molecule has 0 spiro atoms. The highest BCUT2D eigenvalue weighted by atomic mass is 127. The summed E-state index contributed by atoms with van der Waals surface area (Å²) in [7, 11) is 0. The first-order valence-electron chi connectivity index (χ1n) is 5.22. The molecule has 17 heavy (non-hydrogen) atoms. The van der Waals surface area contributed by atoms with Crippen molar-refractivity contribution in [1.29, 1.82) is 0 Å². The van der Waals surface area contributed by atoms with E-state index in [1.165, 1.54) is 26.7 Å². The lowest BCUT2D eigenvalue weighted by atomic mass is 10.3. The van der Waals surface area contributed by atoms with Gasteiger partial charge in [-0.15, -0.1) is 0 Å². The van der Waals surface area contributed by atoms with E-state index in [1.807, 2.05) is 22.7 Å². The minimum absolute atomic E-state index is 0.0259. The smallest absolute Gasteiger partial charge is 0.0947 e. The normalized spacial score (nSPS) is 10.5. The van der Waals surface area contributed by atoms with Gasteiger partial charge in [-0.1, -0.05) is 35.8 Å². The molecule has 2 aromatic rings. The molecule has 0 aliphatic heterocycles. The molecule has 0 radical (unpaired) electrons. The summed E-state index contributed by atoms with van der Waals surface area (Å²) in [4.78, 5) is 2.63. The minimum Gasteiger partial charge on any atom is -0.0947 e. The van der Waals surface area contributed by atoms with E-state index in [4.69, 9.17) is 0 Å². The van der Waals surface area contributed by atoms with Crippen LogP contribution in [0.1, 0.15) is 23.6 Å². The predicted molar refractivity (Wildman–Crippen MR) is 75.4 cm³/mol. The van der Waals surface area contributed by atoms with Crippen LogP contribution < -0.4 is 21.2 Å². The SMILES string of the molecule is C=C(C)c1ccc([I+]c2ccc(C(=C)C)s2)s1. The molecule has 2 rings (SSSR count). The minimum atomic E-state index is -0.0259. The Kier molecular flexibility index (Phi) is 4.22. The lowest BCUT2D eigenvalue weighted by Crippen LogP contribution is -3.61. The van der Waals surface area contributed by atoms with Crippen molar-refractivity contribution in [1.82, 2.24) is 0 Å². The van der Waals surface area contributed by atoms with E-state index in [1.54, 1.807) is 0 Å². The largest absolute Gasteiger partial charge is 0.381 e. The molecule has 0 atom stereocenters. The highest BCUT2D eigenvalue weighted by Crippen LogP contribution is 2.19. The first-order valence-corrected chi connectivity index (χ1v) is 9.01. The maximum atomic E-state index is 3.99. The first kappa shape index (κ1) is 13.1. The van der Waals surface area contributed by atoms with Crippen molar-refractivity contribution in [3.05, 3.63) is 52.9 Å². The maximum Gasteiger partial charge on any atom is 0.381 e. The van der Waals surface area contributed by atoms with E-state index in [9.17, 15) is 0 Å². The van der Waals surface area contributed by atoms with Crippen LogP contribution in [-0.2, 0) is 0 Å². The van der Waals surface area contributed by atoms with E-state index in [2.05, 4.69) is 51.3 Å². The highest BCUT2D eigenvalue weighted by Gasteiger charge is 2.20. The molecule has 0 N–H and O–H groups in total. The number of allylic oxidation sites excluding steroid dienone is 2. The van der Waals surface area contributed by atoms with Crippen LogP contribution in [0.15, 0.2) is 37.4 Å². The van der Waals surface area contributed by atoms with Crippen molar-refractivity contribution in [2.24, 2.45) is 0 Å². The van der Waals surface area contributed by atoms with Crippen molar-refractivity contribution in [3.63, 3.8) is 0 Å². The van der Waals surface area contributed by atoms with Gasteiger partial charge in [-0.25, -0.2) is 0 Å². The number of halogens is 1. The Labute approximate surface area is 121 Å². The van der Waals surface area contributed by atoms with Gasteiger partial charge in [0.25, 0.3) is 0 Å². The van der Waals surface area contributed by atoms with Gasteiger partial charge in [-0.3, -0.25) is 0 Å². The molecular formula is C14H14IS2+. The Morgan fingerprint density at radius 1 is 0.882 bits per heavy atom. The monoisotopic (exact) mass is 373 g/mol. The van der Waals surface area contributed by atoms with Gasteiger partial charge in [-0.05, 0) is 37.1 Å². The molecule has 3 heteroatoms. The van der Waals surface area contributed by atoms with Gasteiger partial charge >= 0.3 is 21.2 Å². The maximum absolute atomic E-state index is 3.99. The molecule has 0 aromatic carbocycles. The van der Waals surface area contributed by atoms with Gasteiger partial charge in [0.2, 0.25) is 5.77 Å². The van der Waals surface area contributed by atoms with E-state index in [-0.39, 0.29) is 21.2 Å². The van der Waals surface area contributed by atoms with Crippen LogP contribution in [0, 0.1) is 5.77 Å². The molecule has 0 amide bonds. The number of rotatable bonds is 4. The highest BCUT2D eigenvalue weighted by molar-refractivity contribution is 7.11. The molecule has 0 saturated heterocycles. The van der Waals surface area contributed by atoms with Crippen molar-refractivity contribution < 1.29 is 21.2 Å². The third-order valence-corrected chi connectivity index (χ3v) is 8.38. The van der Waals surface area contributed by atoms with E-state index < -0.39 is 0 Å². The fraction of sp³-hybridized carbons (Fsp3) is 0.143. The van der Waals surface area contributed by atoms with Crippen molar-refractivity contribution in [3.8, 4) is 0 Å². The summed E-state index contributed by atoms with van der Waals surface area (Å²) in [6.45, 7) is 12.1. The lowest BCUT2D eigenvalue weighted by Gasteiger charge is -1.87. The van der Waals surface area contributed by atoms with Gasteiger partial charge < -0.3 is 0 Å². The molecule has 2 aromatic heterocycles. The topological polar surface area (TPSA) is 0 Å². The van der Waals surface area contributed by atoms with Gasteiger partial charge in [0.15, 0.2) is 0 Å². The Morgan fingerprint density at radius 3 is 1.59 bits per heavy atom. The number of thiophene rings is 2. The molecule has 0 aliphatic carbocycles. The zero-order chi connectivity index (χ0) is 12.4. The third kappa shape index (κ3) is 3.30. The Hall–Kier alpha value is -0.390. The van der Waals surface area contributed by atoms with Crippen molar-refractivity contribution in [2.75, 3.05) is 0 Å². The van der Waals surface area contributed by atoms with Gasteiger partial charge in [0.05, 0.1) is 0 Å². The fourth-order valence-corrected chi connectivity index (χ4v) is 7.44. The molecule has 0 aliphatic rings. The lowest BCUT2D eigenvalue weighted by molar-refractivity contribution is -0.585. The third-order valence-electron chi connectivity index (χ3n) is 2.17. The van der Waals surface area contributed by atoms with E-state index in [0.29, 0.717) is 0 Å². The Morgan fingerprint density at radius 2 is 1.29 bits per heavy atom. The molecular weight excluding hydrogens is 359 g/mol. The Bertz CT molecular complexity index is 510. The second-order valence-corrected chi connectivity index (χ2v) is 10.4. The summed E-state index contributed by atoms with van der Waals surface area (Å²) < 4.78 is 3.02. The zero-order valence-corrected chi connectivity index (χ0v) is 13.7. The van der Waals surface area contributed by atoms with E-state index in [0.717, 1.165) is 0 Å². The molecule has 0 bridgehead atoms. The van der Waals surface area contributed by atoms with Crippen LogP contribution in [0.25, 0.3) is 11.1 Å². The molecule has 0 saturated carbocycles. The zero-order valence-electron chi connectivity index (χ0n) is 9.92. The van der Waals surface area contributed by atoms with Crippen LogP contribution in [0.5, 0.6) is 0 Å². The molecule has 0 fully saturated rings. The summed E-state index contributed by atoms with van der Waals surface area (Å²) in [5, 5.41) is 0. The fourth-order valence-electron chi connectivity index (χ4n) is 1.28. The average molecular weight is 373 g/mol. The molecule has 2 heterocycles. The summed E-state index contributed by atoms with van der Waals surface area (Å²) in [5.74, 6) is 0. The van der Waals surface area contributed by atoms with Crippen LogP contribution in [0.2, 0.25) is 0 Å². The average Bonchev–Trinajstić information content (AvgIpc) is 2.87. The summed E-state index contributed by atoms with van der Waals surface area (Å²) in [5.41, 5.74) is 2.33. The van der Waals surface area contributed by atoms with Gasteiger partial charge in [0, 0.05) is 21.9 Å². The van der Waals surface area contributed by atoms with Crippen LogP contribution in [0.3, 0.4) is 0 Å². The quantitative estimate of drug-likeness (QED) is 0.720. The summed E-state index contributed by atoms with van der Waals surface area (Å²) in [6, 6.07) is 8.88. The van der Waals surface area contributed by atoms with Crippen molar-refractivity contribution in [2.45, 2.75) is 13.8 Å². The van der Waals surface area contributed by atoms with E-state index >= 15 is 0 Å². The molecule has 0 unspecified atom stereocenters. The molecule has 0 nitrogen and oxygen atoms in total. The number of hydrogen-bond acceptors (Lipinski definition) is 2. The Balaban J connectivity index is 2.13. The van der Waals surface area contributed by atoms with Gasteiger partial charge in [-0.2, -0.15) is 0 Å². The van der Waals surface area contributed by atoms with Crippen LogP contribution in [-0.4, -0.2) is 0 Å². The second-order valence-electron chi connectivity index (χ2n) is 3.86. The van der Waals surface area contributed by atoms with Crippen molar-refractivity contribution >= 4 is 33.8 Å².